The maximum Gasteiger partial charge on any atom is 0.264 e. The van der Waals surface area contributed by atoms with Crippen molar-refractivity contribution >= 4 is 21.6 Å². The molecule has 0 aliphatic rings. The molecule has 0 unspecified atom stereocenters. The van der Waals surface area contributed by atoms with Crippen molar-refractivity contribution in [2.24, 2.45) is 0 Å². The van der Waals surface area contributed by atoms with Crippen LogP contribution in [0.5, 0.6) is 5.75 Å². The topological polar surface area (TPSA) is 75.7 Å². The van der Waals surface area contributed by atoms with Gasteiger partial charge in [0.2, 0.25) is 5.91 Å². The third-order valence-corrected chi connectivity index (χ3v) is 7.01. The Labute approximate surface area is 196 Å². The van der Waals surface area contributed by atoms with Crippen molar-refractivity contribution in [3.63, 3.8) is 0 Å². The Hall–Kier alpha value is -3.32. The van der Waals surface area contributed by atoms with Gasteiger partial charge in [-0.25, -0.2) is 8.42 Å². The van der Waals surface area contributed by atoms with E-state index in [1.807, 2.05) is 57.2 Å². The number of rotatable bonds is 10. The highest BCUT2D eigenvalue weighted by molar-refractivity contribution is 7.92. The smallest absolute Gasteiger partial charge is 0.264 e. The average molecular weight is 467 g/mol. The molecule has 33 heavy (non-hydrogen) atoms. The van der Waals surface area contributed by atoms with Crippen LogP contribution in [-0.2, 0) is 27.8 Å². The van der Waals surface area contributed by atoms with Gasteiger partial charge in [-0.15, -0.1) is 0 Å². The second kappa shape index (κ2) is 11.0. The second-order valence-corrected chi connectivity index (χ2v) is 9.53. The van der Waals surface area contributed by atoms with E-state index in [4.69, 9.17) is 4.74 Å². The summed E-state index contributed by atoms with van der Waals surface area (Å²) in [5.74, 6) is 0.336. The lowest BCUT2D eigenvalue weighted by molar-refractivity contribution is -0.119. The highest BCUT2D eigenvalue weighted by Gasteiger charge is 2.28. The van der Waals surface area contributed by atoms with E-state index in [0.29, 0.717) is 18.7 Å². The van der Waals surface area contributed by atoms with Gasteiger partial charge in [-0.3, -0.25) is 9.10 Å². The lowest BCUT2D eigenvalue weighted by Gasteiger charge is -2.26. The maximum absolute atomic E-state index is 13.6. The molecule has 0 aromatic heterocycles. The highest BCUT2D eigenvalue weighted by Crippen LogP contribution is 2.27. The predicted octanol–water partition coefficient (Wildman–Crippen LogP) is 4.47. The van der Waals surface area contributed by atoms with Gasteiger partial charge in [0, 0.05) is 6.54 Å². The fourth-order valence-electron chi connectivity index (χ4n) is 3.49. The number of hydrogen-bond acceptors (Lipinski definition) is 4. The van der Waals surface area contributed by atoms with Crippen molar-refractivity contribution in [3.05, 3.63) is 89.5 Å². The van der Waals surface area contributed by atoms with Crippen molar-refractivity contribution in [2.75, 3.05) is 17.5 Å². The summed E-state index contributed by atoms with van der Waals surface area (Å²) >= 11 is 0. The zero-order chi connectivity index (χ0) is 23.8. The largest absolute Gasteiger partial charge is 0.494 e. The van der Waals surface area contributed by atoms with E-state index in [1.54, 1.807) is 36.4 Å². The average Bonchev–Trinajstić information content (AvgIpc) is 2.82. The number of carbonyl (C=O) groups is 1. The first kappa shape index (κ1) is 24.3. The maximum atomic E-state index is 13.6. The minimum atomic E-state index is -3.94. The second-order valence-electron chi connectivity index (χ2n) is 7.66. The Bertz CT molecular complexity index is 1190. The quantitative estimate of drug-likeness (QED) is 0.478. The number of amides is 1. The molecule has 0 heterocycles. The molecule has 0 spiro atoms. The molecule has 174 valence electrons. The number of benzene rings is 3. The molecule has 1 amide bonds. The summed E-state index contributed by atoms with van der Waals surface area (Å²) in [6, 6.07) is 21.4. The summed E-state index contributed by atoms with van der Waals surface area (Å²) in [5, 5.41) is 2.84. The fraction of sp³-hybridized carbons (Fsp3) is 0.269. The molecular formula is C26H30N2O4S. The van der Waals surface area contributed by atoms with E-state index in [1.165, 1.54) is 4.31 Å². The van der Waals surface area contributed by atoms with Crippen molar-refractivity contribution in [3.8, 4) is 5.75 Å². The standard InChI is InChI=1S/C26H30N2O4S/c1-4-22-10-6-7-12-25(22)28(33(30,31)24-15-13-20(3)14-16-24)19-26(29)27-18-21-9-8-11-23(17-21)32-5-2/h6-17H,4-5,18-19H2,1-3H3,(H,27,29). The molecule has 0 atom stereocenters. The summed E-state index contributed by atoms with van der Waals surface area (Å²) in [7, 11) is -3.94. The molecule has 0 bridgehead atoms. The van der Waals surface area contributed by atoms with Crippen LogP contribution in [0, 0.1) is 6.92 Å². The monoisotopic (exact) mass is 466 g/mol. The predicted molar refractivity (Wildman–Crippen MR) is 131 cm³/mol. The van der Waals surface area contributed by atoms with Crippen molar-refractivity contribution in [1.29, 1.82) is 0 Å². The number of aryl methyl sites for hydroxylation is 2. The van der Waals surface area contributed by atoms with Gasteiger partial charge in [-0.1, -0.05) is 55.0 Å². The van der Waals surface area contributed by atoms with Crippen LogP contribution in [0.4, 0.5) is 5.69 Å². The number of hydrogen-bond donors (Lipinski definition) is 1. The molecule has 0 aliphatic heterocycles. The summed E-state index contributed by atoms with van der Waals surface area (Å²) in [6.45, 7) is 6.27. The van der Waals surface area contributed by atoms with Gasteiger partial charge in [0.1, 0.15) is 12.3 Å². The number of nitrogens with one attached hydrogen (secondary N) is 1. The van der Waals surface area contributed by atoms with Crippen molar-refractivity contribution in [1.82, 2.24) is 5.32 Å². The zero-order valence-corrected chi connectivity index (χ0v) is 20.1. The van der Waals surface area contributed by atoms with E-state index in [0.717, 1.165) is 22.4 Å². The van der Waals surface area contributed by atoms with Gasteiger partial charge in [0.15, 0.2) is 0 Å². The Morgan fingerprint density at radius 2 is 1.70 bits per heavy atom. The number of sulfonamides is 1. The van der Waals surface area contributed by atoms with Crippen LogP contribution < -0.4 is 14.4 Å². The Morgan fingerprint density at radius 1 is 0.970 bits per heavy atom. The van der Waals surface area contributed by atoms with Crippen LogP contribution in [-0.4, -0.2) is 27.5 Å². The van der Waals surface area contributed by atoms with E-state index in [-0.39, 0.29) is 18.0 Å². The van der Waals surface area contributed by atoms with Crippen LogP contribution >= 0.6 is 0 Å². The van der Waals surface area contributed by atoms with Gasteiger partial charge in [-0.2, -0.15) is 0 Å². The van der Waals surface area contributed by atoms with Crippen LogP contribution in [0.15, 0.2) is 77.7 Å². The summed E-state index contributed by atoms with van der Waals surface area (Å²) in [6.07, 6.45) is 0.641. The molecule has 6 nitrogen and oxygen atoms in total. The van der Waals surface area contributed by atoms with Gasteiger partial charge in [0.25, 0.3) is 10.0 Å². The first-order chi connectivity index (χ1) is 15.8. The molecule has 0 fully saturated rings. The Balaban J connectivity index is 1.86. The van der Waals surface area contributed by atoms with E-state index < -0.39 is 15.9 Å². The number of anilines is 1. The number of nitrogens with zero attached hydrogens (tertiary/aromatic N) is 1. The first-order valence-corrected chi connectivity index (χ1v) is 12.4. The minimum absolute atomic E-state index is 0.149. The van der Waals surface area contributed by atoms with Crippen LogP contribution in [0.2, 0.25) is 0 Å². The Kier molecular flexibility index (Phi) is 8.11. The fourth-order valence-corrected chi connectivity index (χ4v) is 4.95. The molecule has 0 saturated carbocycles. The van der Waals surface area contributed by atoms with Gasteiger partial charge >= 0.3 is 0 Å². The molecule has 3 aromatic carbocycles. The normalized spacial score (nSPS) is 11.1. The Morgan fingerprint density at radius 3 is 2.39 bits per heavy atom. The van der Waals surface area contributed by atoms with Crippen LogP contribution in [0.3, 0.4) is 0 Å². The highest BCUT2D eigenvalue weighted by atomic mass is 32.2. The van der Waals surface area contributed by atoms with Gasteiger partial charge in [0.05, 0.1) is 17.2 Å². The zero-order valence-electron chi connectivity index (χ0n) is 19.2. The molecule has 3 aromatic rings. The van der Waals surface area contributed by atoms with Gasteiger partial charge < -0.3 is 10.1 Å². The number of para-hydroxylation sites is 1. The van der Waals surface area contributed by atoms with E-state index in [2.05, 4.69) is 5.32 Å². The molecule has 7 heteroatoms. The molecule has 1 N–H and O–H groups in total. The number of carbonyl (C=O) groups excluding carboxylic acids is 1. The SMILES string of the molecule is CCOc1cccc(CNC(=O)CN(c2ccccc2CC)S(=O)(=O)c2ccc(C)cc2)c1. The van der Waals surface area contributed by atoms with Crippen LogP contribution in [0.25, 0.3) is 0 Å². The summed E-state index contributed by atoms with van der Waals surface area (Å²) < 4.78 is 33.8. The van der Waals surface area contributed by atoms with E-state index >= 15 is 0 Å². The first-order valence-electron chi connectivity index (χ1n) is 11.0. The van der Waals surface area contributed by atoms with Crippen molar-refractivity contribution in [2.45, 2.75) is 38.6 Å². The van der Waals surface area contributed by atoms with E-state index in [9.17, 15) is 13.2 Å². The van der Waals surface area contributed by atoms with Crippen molar-refractivity contribution < 1.29 is 17.9 Å². The molecular weight excluding hydrogens is 436 g/mol. The summed E-state index contributed by atoms with van der Waals surface area (Å²) in [5.41, 5.74) is 3.19. The third kappa shape index (κ3) is 6.14. The lowest BCUT2D eigenvalue weighted by atomic mass is 10.1. The number of ether oxygens (including phenoxy) is 1. The minimum Gasteiger partial charge on any atom is -0.494 e. The summed E-state index contributed by atoms with van der Waals surface area (Å²) in [4.78, 5) is 13.0. The third-order valence-electron chi connectivity index (χ3n) is 5.24. The molecule has 0 aliphatic carbocycles. The lowest BCUT2D eigenvalue weighted by Crippen LogP contribution is -2.41. The molecule has 3 rings (SSSR count). The molecule has 0 radical (unpaired) electrons. The molecule has 0 saturated heterocycles. The van der Waals surface area contributed by atoms with Crippen LogP contribution in [0.1, 0.15) is 30.5 Å². The van der Waals surface area contributed by atoms with Gasteiger partial charge in [-0.05, 0) is 61.7 Å².